The van der Waals surface area contributed by atoms with Crippen LogP contribution in [0.15, 0.2) is 72.8 Å². The first kappa shape index (κ1) is 21.4. The van der Waals surface area contributed by atoms with E-state index in [9.17, 15) is 9.59 Å². The Morgan fingerprint density at radius 3 is 2.50 bits per heavy atom. The van der Waals surface area contributed by atoms with Gasteiger partial charge in [-0.15, -0.1) is 0 Å². The number of esters is 1. The zero-order valence-electron chi connectivity index (χ0n) is 17.8. The monoisotopic (exact) mass is 430 g/mol. The minimum atomic E-state index is -0.457. The van der Waals surface area contributed by atoms with E-state index in [0.717, 1.165) is 12.0 Å². The second kappa shape index (κ2) is 10.0. The zero-order valence-corrected chi connectivity index (χ0v) is 17.8. The molecule has 1 heterocycles. The molecule has 0 aromatic heterocycles. The van der Waals surface area contributed by atoms with Gasteiger partial charge in [0.15, 0.2) is 0 Å². The molecule has 0 fully saturated rings. The van der Waals surface area contributed by atoms with Crippen LogP contribution in [0.3, 0.4) is 0 Å². The summed E-state index contributed by atoms with van der Waals surface area (Å²) in [6.45, 7) is 1.71. The Balaban J connectivity index is 1.29. The summed E-state index contributed by atoms with van der Waals surface area (Å²) >= 11 is 0. The molecule has 6 heteroatoms. The molecule has 0 atom stereocenters. The predicted octanol–water partition coefficient (Wildman–Crippen LogP) is 3.98. The zero-order chi connectivity index (χ0) is 22.3. The number of nitrogens with two attached hydrogens (primary N) is 1. The first-order valence-corrected chi connectivity index (χ1v) is 10.7. The van der Waals surface area contributed by atoms with Crippen molar-refractivity contribution in [1.29, 1.82) is 0 Å². The van der Waals surface area contributed by atoms with Crippen LogP contribution in [-0.4, -0.2) is 29.9 Å². The molecule has 0 saturated carbocycles. The van der Waals surface area contributed by atoms with Crippen molar-refractivity contribution in [3.8, 4) is 5.75 Å². The average Bonchev–Trinajstić information content (AvgIpc) is 2.84. The van der Waals surface area contributed by atoms with Crippen LogP contribution in [0, 0.1) is 0 Å². The Bertz CT molecular complexity index is 1100. The highest BCUT2D eigenvalue weighted by Crippen LogP contribution is 2.24. The van der Waals surface area contributed by atoms with Gasteiger partial charge in [-0.3, -0.25) is 4.79 Å². The fourth-order valence-electron chi connectivity index (χ4n) is 3.71. The van der Waals surface area contributed by atoms with E-state index in [0.29, 0.717) is 30.1 Å². The topological polar surface area (TPSA) is 81.9 Å². The molecule has 0 bridgehead atoms. The number of carbonyl (C=O) groups excluding carboxylic acids is 2. The maximum Gasteiger partial charge on any atom is 0.338 e. The van der Waals surface area contributed by atoms with Gasteiger partial charge in [-0.1, -0.05) is 54.6 Å². The van der Waals surface area contributed by atoms with Gasteiger partial charge in [0.2, 0.25) is 5.91 Å². The third kappa shape index (κ3) is 5.27. The number of carbonyl (C=O) groups is 2. The van der Waals surface area contributed by atoms with Gasteiger partial charge in [0.1, 0.15) is 12.4 Å². The van der Waals surface area contributed by atoms with Crippen molar-refractivity contribution in [1.82, 2.24) is 4.90 Å². The lowest BCUT2D eigenvalue weighted by atomic mass is 10.00. The molecule has 0 unspecified atom stereocenters. The van der Waals surface area contributed by atoms with E-state index < -0.39 is 5.97 Å². The highest BCUT2D eigenvalue weighted by Gasteiger charge is 2.20. The smallest absolute Gasteiger partial charge is 0.338 e. The van der Waals surface area contributed by atoms with Gasteiger partial charge in [0, 0.05) is 13.1 Å². The van der Waals surface area contributed by atoms with Crippen molar-refractivity contribution in [2.24, 2.45) is 0 Å². The lowest BCUT2D eigenvalue weighted by Gasteiger charge is -2.29. The second-order valence-corrected chi connectivity index (χ2v) is 7.75. The molecule has 0 saturated heterocycles. The number of nitrogen functional groups attached to an aromatic ring is 1. The van der Waals surface area contributed by atoms with Crippen molar-refractivity contribution < 1.29 is 19.1 Å². The number of rotatable bonds is 7. The number of anilines is 1. The minimum absolute atomic E-state index is 0.0384. The SMILES string of the molecule is Nc1ccc(C(=O)OCc2ccccc2)cc1OCCC(=O)N1CCc2ccccc2C1. The van der Waals surface area contributed by atoms with E-state index in [4.69, 9.17) is 15.2 Å². The molecule has 2 N–H and O–H groups in total. The summed E-state index contributed by atoms with van der Waals surface area (Å²) in [6.07, 6.45) is 1.10. The van der Waals surface area contributed by atoms with Crippen LogP contribution >= 0.6 is 0 Å². The lowest BCUT2D eigenvalue weighted by molar-refractivity contribution is -0.132. The highest BCUT2D eigenvalue weighted by atomic mass is 16.5. The molecule has 1 amide bonds. The van der Waals surface area contributed by atoms with E-state index in [1.165, 1.54) is 11.1 Å². The maximum atomic E-state index is 12.6. The maximum absolute atomic E-state index is 12.6. The highest BCUT2D eigenvalue weighted by molar-refractivity contribution is 5.90. The van der Waals surface area contributed by atoms with Crippen LogP contribution in [0.5, 0.6) is 5.75 Å². The molecule has 0 spiro atoms. The third-order valence-electron chi connectivity index (χ3n) is 5.52. The number of amides is 1. The van der Waals surface area contributed by atoms with Crippen LogP contribution in [-0.2, 0) is 29.1 Å². The fraction of sp³-hybridized carbons (Fsp3) is 0.231. The molecule has 164 valence electrons. The van der Waals surface area contributed by atoms with Crippen molar-refractivity contribution in [2.75, 3.05) is 18.9 Å². The van der Waals surface area contributed by atoms with Gasteiger partial charge in [-0.25, -0.2) is 4.79 Å². The first-order valence-electron chi connectivity index (χ1n) is 10.7. The summed E-state index contributed by atoms with van der Waals surface area (Å²) in [5, 5.41) is 0. The molecule has 3 aromatic carbocycles. The average molecular weight is 431 g/mol. The van der Waals surface area contributed by atoms with Crippen LogP contribution in [0.1, 0.15) is 33.5 Å². The Hall–Kier alpha value is -3.80. The van der Waals surface area contributed by atoms with Crippen molar-refractivity contribution in [3.63, 3.8) is 0 Å². The quantitative estimate of drug-likeness (QED) is 0.453. The van der Waals surface area contributed by atoms with Gasteiger partial charge >= 0.3 is 5.97 Å². The van der Waals surface area contributed by atoms with Gasteiger partial charge in [-0.05, 0) is 41.3 Å². The number of ether oxygens (including phenoxy) is 2. The number of fused-ring (bicyclic) bond motifs is 1. The summed E-state index contributed by atoms with van der Waals surface area (Å²) in [5.41, 5.74) is 10.2. The van der Waals surface area contributed by atoms with Crippen LogP contribution in [0.2, 0.25) is 0 Å². The standard InChI is InChI=1S/C26H26N2O4/c27-23-11-10-21(26(30)32-18-19-6-2-1-3-7-19)16-24(23)31-15-13-25(29)28-14-12-20-8-4-5-9-22(20)17-28/h1-11,16H,12-15,17-18,27H2. The number of nitrogens with zero attached hydrogens (tertiary/aromatic N) is 1. The normalized spacial score (nSPS) is 12.7. The molecule has 32 heavy (non-hydrogen) atoms. The summed E-state index contributed by atoms with van der Waals surface area (Å²) in [7, 11) is 0. The van der Waals surface area contributed by atoms with E-state index in [2.05, 4.69) is 12.1 Å². The number of benzene rings is 3. The molecular weight excluding hydrogens is 404 g/mol. The summed E-state index contributed by atoms with van der Waals surface area (Å²) < 4.78 is 11.1. The molecule has 0 radical (unpaired) electrons. The molecule has 3 aromatic rings. The lowest BCUT2D eigenvalue weighted by Crippen LogP contribution is -2.36. The van der Waals surface area contributed by atoms with Crippen LogP contribution < -0.4 is 10.5 Å². The van der Waals surface area contributed by atoms with Crippen molar-refractivity contribution in [2.45, 2.75) is 26.0 Å². The second-order valence-electron chi connectivity index (χ2n) is 7.75. The Morgan fingerprint density at radius 2 is 1.69 bits per heavy atom. The fourth-order valence-corrected chi connectivity index (χ4v) is 3.71. The number of hydrogen-bond acceptors (Lipinski definition) is 5. The molecular formula is C26H26N2O4. The molecule has 6 nitrogen and oxygen atoms in total. The summed E-state index contributed by atoms with van der Waals surface area (Å²) in [5.74, 6) is -0.0470. The summed E-state index contributed by atoms with van der Waals surface area (Å²) in [4.78, 5) is 26.9. The predicted molar refractivity (Wildman–Crippen MR) is 122 cm³/mol. The van der Waals surface area contributed by atoms with Gasteiger partial charge in [-0.2, -0.15) is 0 Å². The molecule has 4 rings (SSSR count). The summed E-state index contributed by atoms with van der Waals surface area (Å²) in [6, 6.07) is 22.4. The Labute approximate surface area is 187 Å². The Morgan fingerprint density at radius 1 is 0.938 bits per heavy atom. The first-order chi connectivity index (χ1) is 15.6. The van der Waals surface area contributed by atoms with E-state index in [1.54, 1.807) is 18.2 Å². The largest absolute Gasteiger partial charge is 0.491 e. The van der Waals surface area contributed by atoms with Crippen LogP contribution in [0.4, 0.5) is 5.69 Å². The van der Waals surface area contributed by atoms with Gasteiger partial charge in [0.25, 0.3) is 0 Å². The van der Waals surface area contributed by atoms with Gasteiger partial charge in [0.05, 0.1) is 24.3 Å². The van der Waals surface area contributed by atoms with Crippen molar-refractivity contribution >= 4 is 17.6 Å². The van der Waals surface area contributed by atoms with Crippen molar-refractivity contribution in [3.05, 3.63) is 95.1 Å². The van der Waals surface area contributed by atoms with Crippen LogP contribution in [0.25, 0.3) is 0 Å². The van der Waals surface area contributed by atoms with E-state index in [1.807, 2.05) is 47.4 Å². The van der Waals surface area contributed by atoms with Gasteiger partial charge < -0.3 is 20.1 Å². The third-order valence-corrected chi connectivity index (χ3v) is 5.52. The van der Waals surface area contributed by atoms with E-state index >= 15 is 0 Å². The molecule has 1 aliphatic rings. The minimum Gasteiger partial charge on any atom is -0.491 e. The molecule has 0 aliphatic carbocycles. The Kier molecular flexibility index (Phi) is 6.70. The molecule has 1 aliphatic heterocycles. The van der Waals surface area contributed by atoms with E-state index in [-0.39, 0.29) is 25.5 Å². The number of hydrogen-bond donors (Lipinski definition) is 1.